The summed E-state index contributed by atoms with van der Waals surface area (Å²) in [6, 6.07) is 8.40. The highest BCUT2D eigenvalue weighted by molar-refractivity contribution is 6.09. The van der Waals surface area contributed by atoms with Gasteiger partial charge in [-0.15, -0.1) is 0 Å². The molecule has 3 rings (SSSR count). The van der Waals surface area contributed by atoms with E-state index in [0.717, 1.165) is 24.1 Å². The third-order valence-electron chi connectivity index (χ3n) is 3.87. The third kappa shape index (κ3) is 2.24. The molecule has 1 saturated heterocycles. The quantitative estimate of drug-likeness (QED) is 0.869. The molecule has 1 heterocycles. The summed E-state index contributed by atoms with van der Waals surface area (Å²) in [5.74, 6) is 0.561. The minimum Gasteiger partial charge on any atom is -0.378 e. The van der Waals surface area contributed by atoms with E-state index in [1.165, 1.54) is 0 Å². The molecule has 1 aliphatic heterocycles. The van der Waals surface area contributed by atoms with E-state index in [-0.39, 0.29) is 5.91 Å². The van der Waals surface area contributed by atoms with Gasteiger partial charge in [-0.1, -0.05) is 12.1 Å². The third-order valence-corrected chi connectivity index (χ3v) is 3.87. The first-order chi connectivity index (χ1) is 9.49. The number of guanidine groups is 1. The zero-order valence-electron chi connectivity index (χ0n) is 12.1. The van der Waals surface area contributed by atoms with Gasteiger partial charge in [0, 0.05) is 19.8 Å². The lowest BCUT2D eigenvalue weighted by molar-refractivity contribution is -0.123. The fraction of sp³-hybridized carbons (Fsp3) is 0.467. The van der Waals surface area contributed by atoms with Crippen LogP contribution >= 0.6 is 0 Å². The minimum absolute atomic E-state index is 0.0468. The summed E-state index contributed by atoms with van der Waals surface area (Å²) in [7, 11) is 4.00. The summed E-state index contributed by atoms with van der Waals surface area (Å²) in [5.41, 5.74) is 1.32. The number of nitrogens with zero attached hydrogens (tertiary/aromatic N) is 2. The molecule has 1 atom stereocenters. The van der Waals surface area contributed by atoms with Crippen molar-refractivity contribution in [2.24, 2.45) is 4.99 Å². The van der Waals surface area contributed by atoms with Gasteiger partial charge >= 0.3 is 0 Å². The summed E-state index contributed by atoms with van der Waals surface area (Å²) < 4.78 is 0. The summed E-state index contributed by atoms with van der Waals surface area (Å²) >= 11 is 0. The monoisotopic (exact) mass is 272 g/mol. The van der Waals surface area contributed by atoms with Crippen molar-refractivity contribution < 1.29 is 4.79 Å². The van der Waals surface area contributed by atoms with Crippen LogP contribution in [0.3, 0.4) is 0 Å². The van der Waals surface area contributed by atoms with Crippen molar-refractivity contribution in [3.8, 4) is 0 Å². The molecule has 1 saturated carbocycles. The van der Waals surface area contributed by atoms with E-state index in [2.05, 4.69) is 15.6 Å². The highest BCUT2D eigenvalue weighted by atomic mass is 16.2. The smallest absolute Gasteiger partial charge is 0.256 e. The van der Waals surface area contributed by atoms with Crippen LogP contribution in [0.1, 0.15) is 25.3 Å². The van der Waals surface area contributed by atoms with Crippen LogP contribution in [-0.4, -0.2) is 32.0 Å². The van der Waals surface area contributed by atoms with Crippen molar-refractivity contribution in [1.82, 2.24) is 10.6 Å². The molecule has 1 aromatic carbocycles. The molecule has 1 amide bonds. The number of rotatable bonds is 3. The largest absolute Gasteiger partial charge is 0.378 e. The lowest BCUT2D eigenvalue weighted by atomic mass is 9.92. The van der Waals surface area contributed by atoms with E-state index < -0.39 is 5.54 Å². The lowest BCUT2D eigenvalue weighted by Gasteiger charge is -2.22. The van der Waals surface area contributed by atoms with Gasteiger partial charge in [-0.2, -0.15) is 0 Å². The molecule has 2 aliphatic rings. The Morgan fingerprint density at radius 2 is 1.90 bits per heavy atom. The van der Waals surface area contributed by atoms with Crippen LogP contribution in [0, 0.1) is 0 Å². The lowest BCUT2D eigenvalue weighted by Crippen LogP contribution is -2.40. The van der Waals surface area contributed by atoms with E-state index in [9.17, 15) is 4.79 Å². The Hall–Kier alpha value is -2.04. The Morgan fingerprint density at radius 1 is 1.25 bits per heavy atom. The standard InChI is InChI=1S/C15H20N4O/c1-15(10-4-8-12(9-5-10)19(2)3)13(20)17-14(18-15)16-11-6-7-11/h4-5,8-9,11H,6-7H2,1-3H3,(H2,16,17,18,20). The summed E-state index contributed by atoms with van der Waals surface area (Å²) in [4.78, 5) is 18.8. The topological polar surface area (TPSA) is 56.7 Å². The minimum atomic E-state index is -0.738. The van der Waals surface area contributed by atoms with Crippen molar-refractivity contribution >= 4 is 17.6 Å². The Balaban J connectivity index is 1.85. The van der Waals surface area contributed by atoms with Gasteiger partial charge in [0.05, 0.1) is 6.04 Å². The number of benzene rings is 1. The number of hydrogen-bond donors (Lipinski definition) is 2. The van der Waals surface area contributed by atoms with Gasteiger partial charge in [-0.25, -0.2) is 4.99 Å². The Morgan fingerprint density at radius 3 is 2.45 bits per heavy atom. The van der Waals surface area contributed by atoms with Crippen LogP contribution < -0.4 is 15.5 Å². The maximum Gasteiger partial charge on any atom is 0.256 e. The SMILES string of the molecule is CN(C)c1ccc(C2(C)NC(=NC3CC3)NC2=O)cc1. The molecule has 2 N–H and O–H groups in total. The number of nitrogens with one attached hydrogen (secondary N) is 2. The number of carbonyl (C=O) groups excluding carboxylic acids is 1. The van der Waals surface area contributed by atoms with Crippen molar-refractivity contribution in [1.29, 1.82) is 0 Å². The van der Waals surface area contributed by atoms with Crippen molar-refractivity contribution in [2.45, 2.75) is 31.3 Å². The zero-order chi connectivity index (χ0) is 14.3. The van der Waals surface area contributed by atoms with Gasteiger partial charge in [0.25, 0.3) is 5.91 Å². The molecular formula is C15H20N4O. The molecule has 1 aliphatic carbocycles. The van der Waals surface area contributed by atoms with Gasteiger partial charge in [-0.05, 0) is 37.5 Å². The van der Waals surface area contributed by atoms with Crippen LogP contribution in [0.4, 0.5) is 5.69 Å². The maximum absolute atomic E-state index is 12.3. The number of amides is 1. The summed E-state index contributed by atoms with van der Waals surface area (Å²) in [6.07, 6.45) is 2.24. The second-order valence-corrected chi connectivity index (χ2v) is 5.85. The molecule has 0 aromatic heterocycles. The van der Waals surface area contributed by atoms with Gasteiger partial charge in [0.1, 0.15) is 5.54 Å². The van der Waals surface area contributed by atoms with Crippen LogP contribution in [0.15, 0.2) is 29.3 Å². The van der Waals surface area contributed by atoms with E-state index in [1.54, 1.807) is 0 Å². The molecule has 1 aromatic rings. The molecule has 0 spiro atoms. The molecule has 0 radical (unpaired) electrons. The average Bonchev–Trinajstić information content (AvgIpc) is 3.17. The summed E-state index contributed by atoms with van der Waals surface area (Å²) in [6.45, 7) is 1.89. The molecular weight excluding hydrogens is 252 g/mol. The van der Waals surface area contributed by atoms with E-state index in [1.807, 2.05) is 50.2 Å². The molecule has 5 nitrogen and oxygen atoms in total. The van der Waals surface area contributed by atoms with Gasteiger partial charge in [-0.3, -0.25) is 10.1 Å². The maximum atomic E-state index is 12.3. The first kappa shape index (κ1) is 13.0. The van der Waals surface area contributed by atoms with E-state index >= 15 is 0 Å². The number of anilines is 1. The number of aliphatic imine (C=N–C) groups is 1. The highest BCUT2D eigenvalue weighted by Crippen LogP contribution is 2.28. The Labute approximate surface area is 119 Å². The van der Waals surface area contributed by atoms with Crippen LogP contribution in [0.2, 0.25) is 0 Å². The van der Waals surface area contributed by atoms with Gasteiger partial charge in [0.15, 0.2) is 5.96 Å². The first-order valence-corrected chi connectivity index (χ1v) is 6.94. The van der Waals surface area contributed by atoms with E-state index in [4.69, 9.17) is 0 Å². The van der Waals surface area contributed by atoms with E-state index in [0.29, 0.717) is 12.0 Å². The van der Waals surface area contributed by atoms with Crippen LogP contribution in [-0.2, 0) is 10.3 Å². The predicted octanol–water partition coefficient (Wildman–Crippen LogP) is 1.21. The second-order valence-electron chi connectivity index (χ2n) is 5.85. The average molecular weight is 272 g/mol. The molecule has 106 valence electrons. The number of carbonyl (C=O) groups is 1. The van der Waals surface area contributed by atoms with Crippen LogP contribution in [0.5, 0.6) is 0 Å². The molecule has 1 unspecified atom stereocenters. The Bertz CT molecular complexity index is 560. The highest BCUT2D eigenvalue weighted by Gasteiger charge is 2.42. The van der Waals surface area contributed by atoms with Crippen LogP contribution in [0.25, 0.3) is 0 Å². The molecule has 2 fully saturated rings. The Kier molecular flexibility index (Phi) is 2.92. The predicted molar refractivity (Wildman–Crippen MR) is 79.9 cm³/mol. The first-order valence-electron chi connectivity index (χ1n) is 6.94. The van der Waals surface area contributed by atoms with Crippen molar-refractivity contribution in [3.05, 3.63) is 29.8 Å². The fourth-order valence-corrected chi connectivity index (χ4v) is 2.30. The fourth-order valence-electron chi connectivity index (χ4n) is 2.30. The van der Waals surface area contributed by atoms with Crippen molar-refractivity contribution in [2.75, 3.05) is 19.0 Å². The second kappa shape index (κ2) is 4.51. The molecule has 5 heteroatoms. The van der Waals surface area contributed by atoms with Gasteiger partial charge < -0.3 is 10.2 Å². The molecule has 20 heavy (non-hydrogen) atoms. The van der Waals surface area contributed by atoms with Gasteiger partial charge in [0.2, 0.25) is 0 Å². The zero-order valence-corrected chi connectivity index (χ0v) is 12.1. The van der Waals surface area contributed by atoms with Crippen molar-refractivity contribution in [3.63, 3.8) is 0 Å². The summed E-state index contributed by atoms with van der Waals surface area (Å²) in [5, 5.41) is 6.07. The normalized spacial score (nSPS) is 27.4. The molecule has 0 bridgehead atoms. The number of hydrogen-bond acceptors (Lipinski definition) is 3.